The van der Waals surface area contributed by atoms with E-state index in [9.17, 15) is 19.2 Å². The summed E-state index contributed by atoms with van der Waals surface area (Å²) in [6.45, 7) is 4.46. The summed E-state index contributed by atoms with van der Waals surface area (Å²) in [6, 6.07) is 5.03. The standard InChI is InChI=1S/C28H37N7O5/c1-18(2)14-21-25-22(30-17-29-21)15-19(31-25)16-35-13-9-10-20(27(35)38)32-26(37)23(40-28(39)34(5)6)11-7-8-12-24(36)33(3)4/h8-10,12-13,15,17-18,23,31H,7,11,14,16H2,1-6H3,(H,32,37)/b12-8+. The number of allylic oxidation sites excluding steroid dienone is 1. The Balaban J connectivity index is 1.77. The lowest BCUT2D eigenvalue weighted by atomic mass is 10.1. The number of aromatic nitrogens is 4. The largest absolute Gasteiger partial charge is 0.436 e. The molecule has 2 N–H and O–H groups in total. The van der Waals surface area contributed by atoms with E-state index in [1.165, 1.54) is 46.9 Å². The predicted molar refractivity (Wildman–Crippen MR) is 152 cm³/mol. The molecule has 3 aromatic rings. The van der Waals surface area contributed by atoms with Crippen molar-refractivity contribution in [3.63, 3.8) is 0 Å². The molecule has 0 spiro atoms. The Morgan fingerprint density at radius 1 is 1.15 bits per heavy atom. The van der Waals surface area contributed by atoms with E-state index in [1.54, 1.807) is 32.4 Å². The smallest absolute Gasteiger partial charge is 0.410 e. The lowest BCUT2D eigenvalue weighted by Crippen LogP contribution is -2.37. The SMILES string of the molecule is CC(C)Cc1ncnc2cc(Cn3cccc(NC(=O)C(CC/C=C/C(=O)N(C)C)OC(=O)N(C)C)c3=O)[nH]c12. The van der Waals surface area contributed by atoms with Crippen LogP contribution in [0.1, 0.15) is 38.1 Å². The monoisotopic (exact) mass is 551 g/mol. The average molecular weight is 552 g/mol. The number of anilines is 1. The number of H-pyrrole nitrogens is 1. The highest BCUT2D eigenvalue weighted by Crippen LogP contribution is 2.19. The quantitative estimate of drug-likeness (QED) is 0.349. The van der Waals surface area contributed by atoms with E-state index in [0.29, 0.717) is 12.3 Å². The summed E-state index contributed by atoms with van der Waals surface area (Å²) >= 11 is 0. The van der Waals surface area contributed by atoms with Gasteiger partial charge in [0.05, 0.1) is 23.3 Å². The van der Waals surface area contributed by atoms with Gasteiger partial charge in [0.25, 0.3) is 11.5 Å². The van der Waals surface area contributed by atoms with Gasteiger partial charge >= 0.3 is 6.09 Å². The van der Waals surface area contributed by atoms with Crippen molar-refractivity contribution in [3.05, 3.63) is 64.6 Å². The highest BCUT2D eigenvalue weighted by atomic mass is 16.6. The van der Waals surface area contributed by atoms with E-state index in [0.717, 1.165) is 28.8 Å². The molecule has 0 aliphatic carbocycles. The topological polar surface area (TPSA) is 143 Å². The van der Waals surface area contributed by atoms with Gasteiger partial charge < -0.3 is 29.4 Å². The first-order chi connectivity index (χ1) is 19.0. The minimum atomic E-state index is -1.17. The van der Waals surface area contributed by atoms with Crippen LogP contribution in [0.25, 0.3) is 11.0 Å². The second kappa shape index (κ2) is 13.5. The number of carbonyl (C=O) groups excluding carboxylic acids is 3. The first-order valence-electron chi connectivity index (χ1n) is 13.0. The molecule has 0 fully saturated rings. The van der Waals surface area contributed by atoms with Gasteiger partial charge in [-0.25, -0.2) is 14.8 Å². The number of rotatable bonds is 11. The summed E-state index contributed by atoms with van der Waals surface area (Å²) in [5.74, 6) is -0.420. The average Bonchev–Trinajstić information content (AvgIpc) is 3.31. The zero-order chi connectivity index (χ0) is 29.4. The van der Waals surface area contributed by atoms with Gasteiger partial charge in [0.1, 0.15) is 12.0 Å². The third kappa shape index (κ3) is 8.01. The van der Waals surface area contributed by atoms with Crippen LogP contribution in [-0.4, -0.2) is 81.5 Å². The number of ether oxygens (including phenoxy) is 1. The fourth-order valence-electron chi connectivity index (χ4n) is 3.88. The molecule has 3 aromatic heterocycles. The number of likely N-dealkylation sites (N-methyl/N-ethyl adjacent to an activating group) is 1. The van der Waals surface area contributed by atoms with Gasteiger partial charge in [-0.05, 0) is 49.5 Å². The molecule has 0 saturated carbocycles. The molecule has 1 atom stereocenters. The molecule has 0 aliphatic heterocycles. The van der Waals surface area contributed by atoms with E-state index < -0.39 is 23.7 Å². The molecule has 12 heteroatoms. The number of hydrogen-bond acceptors (Lipinski definition) is 7. The lowest BCUT2D eigenvalue weighted by molar-refractivity contribution is -0.125. The van der Waals surface area contributed by atoms with Crippen molar-refractivity contribution in [1.82, 2.24) is 29.3 Å². The van der Waals surface area contributed by atoms with Crippen molar-refractivity contribution in [2.24, 2.45) is 5.92 Å². The van der Waals surface area contributed by atoms with Gasteiger partial charge in [0.15, 0.2) is 6.10 Å². The summed E-state index contributed by atoms with van der Waals surface area (Å²) in [6.07, 6.45) is 5.51. The molecule has 3 heterocycles. The summed E-state index contributed by atoms with van der Waals surface area (Å²) in [4.78, 5) is 65.0. The van der Waals surface area contributed by atoms with Crippen LogP contribution in [0, 0.1) is 5.92 Å². The third-order valence-electron chi connectivity index (χ3n) is 5.97. The zero-order valence-electron chi connectivity index (χ0n) is 23.8. The minimum Gasteiger partial charge on any atom is -0.436 e. The number of hydrogen-bond donors (Lipinski definition) is 2. The van der Waals surface area contributed by atoms with Crippen LogP contribution in [0.4, 0.5) is 10.5 Å². The number of fused-ring (bicyclic) bond motifs is 1. The molecular formula is C28H37N7O5. The molecule has 214 valence electrons. The van der Waals surface area contributed by atoms with E-state index in [4.69, 9.17) is 4.74 Å². The van der Waals surface area contributed by atoms with Crippen LogP contribution < -0.4 is 10.9 Å². The fourth-order valence-corrected chi connectivity index (χ4v) is 3.88. The molecule has 0 aliphatic rings. The van der Waals surface area contributed by atoms with Crippen molar-refractivity contribution in [2.45, 2.75) is 45.8 Å². The van der Waals surface area contributed by atoms with Crippen LogP contribution in [0.5, 0.6) is 0 Å². The van der Waals surface area contributed by atoms with Crippen molar-refractivity contribution >= 4 is 34.6 Å². The number of carbonyl (C=O) groups is 3. The molecule has 1 unspecified atom stereocenters. The van der Waals surface area contributed by atoms with Crippen molar-refractivity contribution < 1.29 is 19.1 Å². The van der Waals surface area contributed by atoms with Gasteiger partial charge in [-0.1, -0.05) is 19.9 Å². The normalized spacial score (nSPS) is 12.1. The minimum absolute atomic E-state index is 0.0492. The second-order valence-electron chi connectivity index (χ2n) is 10.3. The Morgan fingerprint density at radius 3 is 2.58 bits per heavy atom. The fraction of sp³-hybridized carbons (Fsp3) is 0.429. The molecule has 0 aromatic carbocycles. The van der Waals surface area contributed by atoms with Gasteiger partial charge in [0.2, 0.25) is 5.91 Å². The first-order valence-corrected chi connectivity index (χ1v) is 13.0. The highest BCUT2D eigenvalue weighted by Gasteiger charge is 2.24. The van der Waals surface area contributed by atoms with Crippen LogP contribution in [0.3, 0.4) is 0 Å². The Morgan fingerprint density at radius 2 is 1.90 bits per heavy atom. The lowest BCUT2D eigenvalue weighted by Gasteiger charge is -2.19. The molecule has 3 amide bonds. The van der Waals surface area contributed by atoms with Crippen molar-refractivity contribution in [3.8, 4) is 0 Å². The molecule has 0 radical (unpaired) electrons. The molecule has 0 bridgehead atoms. The van der Waals surface area contributed by atoms with Gasteiger partial charge in [-0.3, -0.25) is 14.4 Å². The van der Waals surface area contributed by atoms with Crippen molar-refractivity contribution in [1.29, 1.82) is 0 Å². The van der Waals surface area contributed by atoms with Crippen LogP contribution in [0.2, 0.25) is 0 Å². The number of amides is 3. The van der Waals surface area contributed by atoms with E-state index in [-0.39, 0.29) is 24.6 Å². The summed E-state index contributed by atoms with van der Waals surface area (Å²) in [5.41, 5.74) is 2.92. The maximum atomic E-state index is 13.2. The summed E-state index contributed by atoms with van der Waals surface area (Å²) < 4.78 is 6.82. The Kier molecular flexibility index (Phi) is 10.2. The number of nitrogens with one attached hydrogen (secondary N) is 2. The Bertz CT molecular complexity index is 1440. The molecular weight excluding hydrogens is 514 g/mol. The van der Waals surface area contributed by atoms with E-state index in [2.05, 4.69) is 34.1 Å². The summed E-state index contributed by atoms with van der Waals surface area (Å²) in [5, 5.41) is 2.61. The Hall–Kier alpha value is -4.48. The molecule has 40 heavy (non-hydrogen) atoms. The zero-order valence-corrected chi connectivity index (χ0v) is 23.8. The summed E-state index contributed by atoms with van der Waals surface area (Å²) in [7, 11) is 6.27. The number of aromatic amines is 1. The van der Waals surface area contributed by atoms with E-state index >= 15 is 0 Å². The van der Waals surface area contributed by atoms with Crippen LogP contribution in [-0.2, 0) is 27.3 Å². The van der Waals surface area contributed by atoms with E-state index in [1.807, 2.05) is 6.07 Å². The molecule has 0 saturated heterocycles. The van der Waals surface area contributed by atoms with Gasteiger partial charge in [-0.15, -0.1) is 0 Å². The van der Waals surface area contributed by atoms with Gasteiger partial charge in [0, 0.05) is 40.1 Å². The maximum Gasteiger partial charge on any atom is 0.410 e. The predicted octanol–water partition coefficient (Wildman–Crippen LogP) is 2.80. The second-order valence-corrected chi connectivity index (χ2v) is 10.3. The molecule has 3 rings (SSSR count). The number of nitrogens with zero attached hydrogens (tertiary/aromatic N) is 5. The highest BCUT2D eigenvalue weighted by molar-refractivity contribution is 5.95. The van der Waals surface area contributed by atoms with Crippen LogP contribution >= 0.6 is 0 Å². The third-order valence-corrected chi connectivity index (χ3v) is 5.97. The van der Waals surface area contributed by atoms with Crippen molar-refractivity contribution in [2.75, 3.05) is 33.5 Å². The van der Waals surface area contributed by atoms with Crippen LogP contribution in [0.15, 0.2) is 47.7 Å². The maximum absolute atomic E-state index is 13.2. The van der Waals surface area contributed by atoms with Gasteiger partial charge in [-0.2, -0.15) is 0 Å². The molecule has 12 nitrogen and oxygen atoms in total. The first kappa shape index (κ1) is 30.1. The Labute approximate surface area is 233 Å². The number of pyridine rings is 1.